The lowest BCUT2D eigenvalue weighted by molar-refractivity contribution is -0.142. The standard InChI is InChI=1S/C14H16BrNO5S/c1-21-9-3-5-13(11(15)7-9)22(19,20)16-8-2-4-12(16)10(6-8)14(17)18/h3,5,7-8,10,12H,2,4,6H2,1H3,(H,17,18). The Morgan fingerprint density at radius 3 is 2.68 bits per heavy atom. The molecule has 8 heteroatoms. The summed E-state index contributed by atoms with van der Waals surface area (Å²) in [5.41, 5.74) is 0. The summed E-state index contributed by atoms with van der Waals surface area (Å²) < 4.78 is 32.8. The maximum absolute atomic E-state index is 12.9. The van der Waals surface area contributed by atoms with Gasteiger partial charge in [0, 0.05) is 16.6 Å². The number of rotatable bonds is 4. The minimum Gasteiger partial charge on any atom is -0.497 e. The molecule has 0 radical (unpaired) electrons. The van der Waals surface area contributed by atoms with Gasteiger partial charge in [0.1, 0.15) is 5.75 Å². The molecule has 0 aliphatic carbocycles. The van der Waals surface area contributed by atoms with E-state index < -0.39 is 28.0 Å². The third kappa shape index (κ3) is 2.33. The Morgan fingerprint density at radius 2 is 2.14 bits per heavy atom. The Kier molecular flexibility index (Phi) is 3.94. The van der Waals surface area contributed by atoms with E-state index in [1.165, 1.54) is 17.5 Å². The molecule has 0 amide bonds. The number of methoxy groups -OCH3 is 1. The van der Waals surface area contributed by atoms with Crippen LogP contribution in [0.2, 0.25) is 0 Å². The summed E-state index contributed by atoms with van der Waals surface area (Å²) in [5, 5.41) is 9.27. The van der Waals surface area contributed by atoms with Crippen LogP contribution >= 0.6 is 15.9 Å². The molecule has 2 bridgehead atoms. The molecule has 0 spiro atoms. The lowest BCUT2D eigenvalue weighted by atomic mass is 9.89. The molecule has 1 N–H and O–H groups in total. The molecule has 120 valence electrons. The fourth-order valence-corrected chi connectivity index (χ4v) is 6.45. The lowest BCUT2D eigenvalue weighted by Crippen LogP contribution is -2.38. The Morgan fingerprint density at radius 1 is 1.41 bits per heavy atom. The summed E-state index contributed by atoms with van der Waals surface area (Å²) in [4.78, 5) is 11.5. The number of hydrogen-bond acceptors (Lipinski definition) is 4. The van der Waals surface area contributed by atoms with E-state index in [1.807, 2.05) is 0 Å². The minimum absolute atomic E-state index is 0.149. The van der Waals surface area contributed by atoms with Gasteiger partial charge < -0.3 is 9.84 Å². The van der Waals surface area contributed by atoms with E-state index in [4.69, 9.17) is 4.74 Å². The van der Waals surface area contributed by atoms with Crippen LogP contribution in [0.1, 0.15) is 19.3 Å². The van der Waals surface area contributed by atoms with Gasteiger partial charge in [-0.1, -0.05) is 0 Å². The fraction of sp³-hybridized carbons (Fsp3) is 0.500. The molecule has 2 aliphatic rings. The monoisotopic (exact) mass is 389 g/mol. The second-order valence-corrected chi connectivity index (χ2v) is 8.28. The molecule has 3 unspecified atom stereocenters. The van der Waals surface area contributed by atoms with Crippen LogP contribution in [0.5, 0.6) is 5.75 Å². The number of carbonyl (C=O) groups is 1. The van der Waals surface area contributed by atoms with Crippen LogP contribution < -0.4 is 4.74 Å². The van der Waals surface area contributed by atoms with Gasteiger partial charge in [0.05, 0.1) is 17.9 Å². The number of carboxylic acid groups (broad SMARTS) is 1. The van der Waals surface area contributed by atoms with Gasteiger partial charge in [0.15, 0.2) is 0 Å². The summed E-state index contributed by atoms with van der Waals surface area (Å²) in [6.45, 7) is 0. The first-order valence-corrected chi connectivity index (χ1v) is 9.19. The Balaban J connectivity index is 1.99. The van der Waals surface area contributed by atoms with E-state index in [-0.39, 0.29) is 10.9 Å². The molecule has 3 rings (SSSR count). The van der Waals surface area contributed by atoms with Gasteiger partial charge >= 0.3 is 5.97 Å². The van der Waals surface area contributed by atoms with Gasteiger partial charge in [-0.05, 0) is 53.4 Å². The number of aliphatic carboxylic acids is 1. The molecule has 2 fully saturated rings. The highest BCUT2D eigenvalue weighted by Gasteiger charge is 2.54. The number of sulfonamides is 1. The summed E-state index contributed by atoms with van der Waals surface area (Å²) >= 11 is 3.27. The van der Waals surface area contributed by atoms with Crippen molar-refractivity contribution < 1.29 is 23.1 Å². The predicted octanol–water partition coefficient (Wildman–Crippen LogP) is 2.08. The van der Waals surface area contributed by atoms with Crippen LogP contribution in [0.25, 0.3) is 0 Å². The third-order valence-electron chi connectivity index (χ3n) is 4.48. The first-order chi connectivity index (χ1) is 10.4. The smallest absolute Gasteiger partial charge is 0.308 e. The number of nitrogens with zero attached hydrogens (tertiary/aromatic N) is 1. The molecule has 0 saturated carbocycles. The van der Waals surface area contributed by atoms with Crippen LogP contribution in [-0.2, 0) is 14.8 Å². The van der Waals surface area contributed by atoms with E-state index in [1.54, 1.807) is 12.1 Å². The van der Waals surface area contributed by atoms with Gasteiger partial charge in [-0.3, -0.25) is 4.79 Å². The van der Waals surface area contributed by atoms with Gasteiger partial charge in [0.2, 0.25) is 10.0 Å². The first-order valence-electron chi connectivity index (χ1n) is 6.96. The molecular weight excluding hydrogens is 374 g/mol. The van der Waals surface area contributed by atoms with Crippen molar-refractivity contribution in [3.8, 4) is 5.75 Å². The van der Waals surface area contributed by atoms with Crippen molar-refractivity contribution >= 4 is 31.9 Å². The molecule has 2 saturated heterocycles. The van der Waals surface area contributed by atoms with Crippen LogP contribution in [-0.4, -0.2) is 43.0 Å². The second kappa shape index (κ2) is 5.50. The second-order valence-electron chi connectivity index (χ2n) is 5.61. The fourth-order valence-electron chi connectivity index (χ4n) is 3.51. The predicted molar refractivity (Wildman–Crippen MR) is 82.3 cm³/mol. The summed E-state index contributed by atoms with van der Waals surface area (Å²) in [7, 11) is -2.22. The van der Waals surface area contributed by atoms with E-state index in [0.717, 1.165) is 6.42 Å². The Bertz CT molecular complexity index is 720. The molecule has 2 aliphatic heterocycles. The van der Waals surface area contributed by atoms with E-state index in [9.17, 15) is 18.3 Å². The topological polar surface area (TPSA) is 83.9 Å². The molecule has 22 heavy (non-hydrogen) atoms. The zero-order valence-electron chi connectivity index (χ0n) is 11.9. The molecule has 3 atom stereocenters. The minimum atomic E-state index is -3.73. The van der Waals surface area contributed by atoms with E-state index >= 15 is 0 Å². The van der Waals surface area contributed by atoms with Crippen molar-refractivity contribution in [1.82, 2.24) is 4.31 Å². The normalized spacial score (nSPS) is 28.0. The first kappa shape index (κ1) is 15.8. The number of fused-ring (bicyclic) bond motifs is 2. The van der Waals surface area contributed by atoms with Gasteiger partial charge in [-0.15, -0.1) is 0 Å². The summed E-state index contributed by atoms with van der Waals surface area (Å²) in [5.74, 6) is -0.967. The number of halogens is 1. The van der Waals surface area contributed by atoms with Crippen molar-refractivity contribution in [2.45, 2.75) is 36.2 Å². The highest BCUT2D eigenvalue weighted by atomic mass is 79.9. The van der Waals surface area contributed by atoms with E-state index in [2.05, 4.69) is 15.9 Å². The maximum atomic E-state index is 12.9. The molecule has 1 aromatic rings. The zero-order valence-corrected chi connectivity index (χ0v) is 14.3. The van der Waals surface area contributed by atoms with Crippen LogP contribution in [0.4, 0.5) is 0 Å². The number of carboxylic acids is 1. The highest BCUT2D eigenvalue weighted by molar-refractivity contribution is 9.10. The van der Waals surface area contributed by atoms with Crippen molar-refractivity contribution in [2.75, 3.05) is 7.11 Å². The van der Waals surface area contributed by atoms with Gasteiger partial charge in [-0.25, -0.2) is 8.42 Å². The Hall–Kier alpha value is -1.12. The van der Waals surface area contributed by atoms with Crippen LogP contribution in [0.15, 0.2) is 27.6 Å². The summed E-state index contributed by atoms with van der Waals surface area (Å²) in [6.07, 6.45) is 1.73. The van der Waals surface area contributed by atoms with Gasteiger partial charge in [0.25, 0.3) is 0 Å². The largest absolute Gasteiger partial charge is 0.497 e. The summed E-state index contributed by atoms with van der Waals surface area (Å²) in [6, 6.07) is 4.02. The van der Waals surface area contributed by atoms with E-state index in [0.29, 0.717) is 23.1 Å². The number of hydrogen-bond donors (Lipinski definition) is 1. The molecular formula is C14H16BrNO5S. The number of benzene rings is 1. The maximum Gasteiger partial charge on any atom is 0.308 e. The van der Waals surface area contributed by atoms with Crippen molar-refractivity contribution in [3.05, 3.63) is 22.7 Å². The highest BCUT2D eigenvalue weighted by Crippen LogP contribution is 2.46. The zero-order chi connectivity index (χ0) is 16.1. The Labute approximate surface area is 137 Å². The SMILES string of the molecule is COc1ccc(S(=O)(=O)N2C3CCC2C(C(=O)O)C3)c(Br)c1. The quantitative estimate of drug-likeness (QED) is 0.851. The third-order valence-corrected chi connectivity index (χ3v) is 7.44. The molecule has 2 heterocycles. The molecule has 6 nitrogen and oxygen atoms in total. The molecule has 1 aromatic carbocycles. The van der Waals surface area contributed by atoms with Gasteiger partial charge in [-0.2, -0.15) is 4.31 Å². The average molecular weight is 390 g/mol. The van der Waals surface area contributed by atoms with Crippen LogP contribution in [0, 0.1) is 5.92 Å². The van der Waals surface area contributed by atoms with Crippen molar-refractivity contribution in [3.63, 3.8) is 0 Å². The van der Waals surface area contributed by atoms with Crippen molar-refractivity contribution in [2.24, 2.45) is 5.92 Å². The lowest BCUT2D eigenvalue weighted by Gasteiger charge is -2.23. The van der Waals surface area contributed by atoms with Crippen LogP contribution in [0.3, 0.4) is 0 Å². The number of ether oxygens (including phenoxy) is 1. The average Bonchev–Trinajstić information content (AvgIpc) is 3.05. The molecule has 0 aromatic heterocycles. The van der Waals surface area contributed by atoms with Crippen molar-refractivity contribution in [1.29, 1.82) is 0 Å².